The van der Waals surface area contributed by atoms with Crippen LogP contribution in [0.4, 0.5) is 10.1 Å². The molecule has 0 bridgehead atoms. The molecule has 15 heteroatoms. The number of fused-ring (bicyclic) bond motifs is 1. The molecule has 5 N–H and O–H groups in total. The molecule has 2 fully saturated rings. The number of aliphatic hydroxyl groups is 1. The summed E-state index contributed by atoms with van der Waals surface area (Å²) in [5.41, 5.74) is -3.12. The molecule has 14 nitrogen and oxygen atoms in total. The van der Waals surface area contributed by atoms with E-state index in [0.717, 1.165) is 18.9 Å². The van der Waals surface area contributed by atoms with Crippen LogP contribution in [0.2, 0.25) is 0 Å². The highest BCUT2D eigenvalue weighted by Crippen LogP contribution is 2.38. The molecule has 1 unspecified atom stereocenters. The zero-order valence-electron chi connectivity index (χ0n) is 23.3. The van der Waals surface area contributed by atoms with E-state index in [2.05, 4.69) is 5.32 Å². The van der Waals surface area contributed by atoms with Gasteiger partial charge in [0.05, 0.1) is 24.0 Å². The van der Waals surface area contributed by atoms with Gasteiger partial charge in [-0.05, 0) is 37.8 Å². The molecule has 1 aromatic heterocycles. The van der Waals surface area contributed by atoms with Gasteiger partial charge in [0.25, 0.3) is 0 Å². The largest absolute Gasteiger partial charge is 0.481 e. The molecule has 43 heavy (non-hydrogen) atoms. The van der Waals surface area contributed by atoms with E-state index in [1.54, 1.807) is 20.4 Å². The molecule has 2 aliphatic rings. The maximum absolute atomic E-state index is 15.2. The zero-order chi connectivity index (χ0) is 31.5. The predicted molar refractivity (Wildman–Crippen MR) is 149 cm³/mol. The molecule has 2 heterocycles. The smallest absolute Gasteiger partial charge is 0.341 e. The van der Waals surface area contributed by atoms with Gasteiger partial charge in [-0.3, -0.25) is 19.2 Å². The predicted octanol–water partition coefficient (Wildman–Crippen LogP) is 0.789. The third-order valence-electron chi connectivity index (χ3n) is 7.68. The van der Waals surface area contributed by atoms with Gasteiger partial charge in [0.15, 0.2) is 5.60 Å². The lowest BCUT2D eigenvalue weighted by molar-refractivity contribution is -0.167. The summed E-state index contributed by atoms with van der Waals surface area (Å²) in [6.07, 6.45) is 1.92. The minimum Gasteiger partial charge on any atom is -0.481 e. The second kappa shape index (κ2) is 12.8. The van der Waals surface area contributed by atoms with Crippen LogP contribution in [0.25, 0.3) is 10.9 Å². The van der Waals surface area contributed by atoms with Gasteiger partial charge in [-0.1, -0.05) is 0 Å². The molecule has 1 aromatic carbocycles. The Hall–Kier alpha value is -4.53. The minimum absolute atomic E-state index is 0.0101. The molecule has 0 spiro atoms. The van der Waals surface area contributed by atoms with Gasteiger partial charge < -0.3 is 40.1 Å². The number of nitrogens with one attached hydrogen (secondary N) is 1. The first-order valence-corrected chi connectivity index (χ1v) is 13.9. The topological polar surface area (TPSA) is 207 Å². The number of carboxylic acid groups (broad SMARTS) is 3. The summed E-state index contributed by atoms with van der Waals surface area (Å²) in [5.74, 6) is -6.35. The SMILES string of the molecule is O=C(O)CC(O)(CC(=O)NCCCCC(=O)N1CCN(c2cc3c(cc2F)c(=O)c(C(=O)O)cn3C2CC2)CC1)C(=O)O. The van der Waals surface area contributed by atoms with Crippen LogP contribution in [0.15, 0.2) is 23.1 Å². The number of aromatic nitrogens is 1. The standard InChI is InChI=1S/C28H33FN4O10/c29-19-11-17-20(33(16-4-5-16)15-18(25(17)38)26(39)40)12-21(19)31-7-9-32(10-8-31)23(35)3-1-2-6-30-22(34)13-28(43,27(41)42)14-24(36)37/h11-12,15-16,43H,1-10,13-14H2,(H,30,34)(H,36,37)(H,39,40)(H,41,42). The Labute approximate surface area is 244 Å². The Morgan fingerprint density at radius 1 is 0.977 bits per heavy atom. The Bertz CT molecular complexity index is 1510. The second-order valence-electron chi connectivity index (χ2n) is 10.9. The second-order valence-corrected chi connectivity index (χ2v) is 10.9. The summed E-state index contributed by atoms with van der Waals surface area (Å²) in [5, 5.41) is 39.6. The van der Waals surface area contributed by atoms with Crippen LogP contribution in [0.5, 0.6) is 0 Å². The van der Waals surface area contributed by atoms with Crippen molar-refractivity contribution >= 4 is 46.3 Å². The number of halogens is 1. The van der Waals surface area contributed by atoms with Crippen molar-refractivity contribution in [3.05, 3.63) is 39.9 Å². The number of benzene rings is 1. The van der Waals surface area contributed by atoms with E-state index in [0.29, 0.717) is 44.5 Å². The maximum Gasteiger partial charge on any atom is 0.341 e. The van der Waals surface area contributed by atoms with Gasteiger partial charge in [0.1, 0.15) is 11.4 Å². The van der Waals surface area contributed by atoms with E-state index in [1.165, 1.54) is 6.20 Å². The Morgan fingerprint density at radius 2 is 1.65 bits per heavy atom. The fourth-order valence-corrected chi connectivity index (χ4v) is 5.18. The highest BCUT2D eigenvalue weighted by atomic mass is 19.1. The van der Waals surface area contributed by atoms with E-state index in [4.69, 9.17) is 10.2 Å². The maximum atomic E-state index is 15.2. The lowest BCUT2D eigenvalue weighted by Gasteiger charge is -2.36. The number of pyridine rings is 1. The van der Waals surface area contributed by atoms with Crippen LogP contribution in [0, 0.1) is 5.82 Å². The molecule has 1 atom stereocenters. The average molecular weight is 605 g/mol. The molecule has 1 aliphatic carbocycles. The van der Waals surface area contributed by atoms with Gasteiger partial charge in [-0.25, -0.2) is 14.0 Å². The average Bonchev–Trinajstić information content (AvgIpc) is 3.78. The first kappa shape index (κ1) is 31.4. The Balaban J connectivity index is 1.28. The van der Waals surface area contributed by atoms with Crippen molar-refractivity contribution in [1.82, 2.24) is 14.8 Å². The van der Waals surface area contributed by atoms with E-state index >= 15 is 4.39 Å². The van der Waals surface area contributed by atoms with Crippen LogP contribution >= 0.6 is 0 Å². The molecular formula is C28H33FN4O10. The van der Waals surface area contributed by atoms with Crippen LogP contribution in [-0.2, 0) is 19.2 Å². The van der Waals surface area contributed by atoms with Crippen molar-refractivity contribution < 1.29 is 48.8 Å². The molecule has 1 saturated heterocycles. The fourth-order valence-electron chi connectivity index (χ4n) is 5.18. The van der Waals surface area contributed by atoms with E-state index in [-0.39, 0.29) is 36.0 Å². The first-order chi connectivity index (χ1) is 20.3. The molecule has 0 radical (unpaired) electrons. The Morgan fingerprint density at radius 3 is 2.23 bits per heavy atom. The van der Waals surface area contributed by atoms with Crippen LogP contribution in [0.1, 0.15) is 61.3 Å². The number of nitrogens with zero attached hydrogens (tertiary/aromatic N) is 3. The number of carboxylic acids is 3. The van der Waals surface area contributed by atoms with Crippen molar-refractivity contribution in [2.75, 3.05) is 37.6 Å². The van der Waals surface area contributed by atoms with Gasteiger partial charge >= 0.3 is 17.9 Å². The fraction of sp³-hybridized carbons (Fsp3) is 0.500. The number of carbonyl (C=O) groups excluding carboxylic acids is 2. The number of aromatic carboxylic acids is 1. The van der Waals surface area contributed by atoms with Crippen LogP contribution in [-0.4, -0.2) is 97.9 Å². The summed E-state index contributed by atoms with van der Waals surface area (Å²) in [4.78, 5) is 74.3. The molecular weight excluding hydrogens is 571 g/mol. The number of anilines is 1. The number of aliphatic carboxylic acids is 2. The molecule has 1 aliphatic heterocycles. The summed E-state index contributed by atoms with van der Waals surface area (Å²) in [6.45, 7) is 1.45. The van der Waals surface area contributed by atoms with Crippen molar-refractivity contribution in [3.8, 4) is 0 Å². The van der Waals surface area contributed by atoms with Crippen LogP contribution < -0.4 is 15.6 Å². The first-order valence-electron chi connectivity index (χ1n) is 13.9. The number of unbranched alkanes of at least 4 members (excludes halogenated alkanes) is 1. The number of hydrogen-bond donors (Lipinski definition) is 5. The van der Waals surface area contributed by atoms with Gasteiger partial charge in [-0.2, -0.15) is 0 Å². The normalized spacial score (nSPS) is 16.5. The molecule has 232 valence electrons. The molecule has 2 amide bonds. The Kier molecular flexibility index (Phi) is 9.33. The summed E-state index contributed by atoms with van der Waals surface area (Å²) < 4.78 is 16.9. The lowest BCUT2D eigenvalue weighted by atomic mass is 9.95. The number of amides is 2. The lowest BCUT2D eigenvalue weighted by Crippen LogP contribution is -2.49. The third kappa shape index (κ3) is 7.28. The van der Waals surface area contributed by atoms with Crippen molar-refractivity contribution in [3.63, 3.8) is 0 Å². The quantitative estimate of drug-likeness (QED) is 0.202. The molecule has 2 aromatic rings. The van der Waals surface area contributed by atoms with Gasteiger partial charge in [0.2, 0.25) is 17.2 Å². The van der Waals surface area contributed by atoms with E-state index in [1.807, 2.05) is 0 Å². The number of carbonyl (C=O) groups is 5. The van der Waals surface area contributed by atoms with E-state index in [9.17, 15) is 39.0 Å². The molecule has 4 rings (SSSR count). The van der Waals surface area contributed by atoms with Crippen molar-refractivity contribution in [2.24, 2.45) is 0 Å². The third-order valence-corrected chi connectivity index (χ3v) is 7.68. The van der Waals surface area contributed by atoms with Gasteiger partial charge in [-0.15, -0.1) is 0 Å². The zero-order valence-corrected chi connectivity index (χ0v) is 23.3. The van der Waals surface area contributed by atoms with Gasteiger partial charge in [0, 0.05) is 56.8 Å². The summed E-state index contributed by atoms with van der Waals surface area (Å²) in [6, 6.07) is 2.70. The molecule has 1 saturated carbocycles. The van der Waals surface area contributed by atoms with Crippen LogP contribution in [0.3, 0.4) is 0 Å². The number of piperazine rings is 1. The highest BCUT2D eigenvalue weighted by Gasteiger charge is 2.40. The highest BCUT2D eigenvalue weighted by molar-refractivity contribution is 5.94. The number of rotatable bonds is 13. The number of hydrogen-bond acceptors (Lipinski definition) is 8. The monoisotopic (exact) mass is 604 g/mol. The summed E-state index contributed by atoms with van der Waals surface area (Å²) >= 11 is 0. The summed E-state index contributed by atoms with van der Waals surface area (Å²) in [7, 11) is 0. The van der Waals surface area contributed by atoms with Crippen molar-refractivity contribution in [2.45, 2.75) is 56.6 Å². The van der Waals surface area contributed by atoms with E-state index < -0.39 is 59.1 Å². The minimum atomic E-state index is -2.72. The van der Waals surface area contributed by atoms with Crippen molar-refractivity contribution in [1.29, 1.82) is 0 Å².